The van der Waals surface area contributed by atoms with Crippen molar-refractivity contribution >= 4 is 5.91 Å². The molecule has 120 valence electrons. The SMILES string of the molecule is CC(CCN1CCOC2CCCCC21)(NC1CC1)C(N)=O. The van der Waals surface area contributed by atoms with Gasteiger partial charge in [0.25, 0.3) is 0 Å². The zero-order valence-electron chi connectivity index (χ0n) is 13.1. The summed E-state index contributed by atoms with van der Waals surface area (Å²) in [5.41, 5.74) is 5.08. The van der Waals surface area contributed by atoms with Gasteiger partial charge in [-0.05, 0) is 39.0 Å². The molecule has 2 aliphatic carbocycles. The highest BCUT2D eigenvalue weighted by atomic mass is 16.5. The van der Waals surface area contributed by atoms with Crippen LogP contribution in [0.3, 0.4) is 0 Å². The molecule has 1 saturated heterocycles. The molecule has 0 radical (unpaired) electrons. The average molecular weight is 295 g/mol. The van der Waals surface area contributed by atoms with Gasteiger partial charge in [-0.25, -0.2) is 0 Å². The van der Waals surface area contributed by atoms with Crippen LogP contribution in [0.1, 0.15) is 51.9 Å². The van der Waals surface area contributed by atoms with Gasteiger partial charge in [0.15, 0.2) is 0 Å². The smallest absolute Gasteiger partial charge is 0.237 e. The summed E-state index contributed by atoms with van der Waals surface area (Å²) in [6, 6.07) is 1.04. The minimum atomic E-state index is -0.566. The fourth-order valence-corrected chi connectivity index (χ4v) is 3.77. The van der Waals surface area contributed by atoms with Crippen LogP contribution in [-0.2, 0) is 9.53 Å². The molecule has 5 heteroatoms. The molecule has 3 N–H and O–H groups in total. The molecule has 5 nitrogen and oxygen atoms in total. The molecule has 0 spiro atoms. The number of ether oxygens (including phenoxy) is 1. The topological polar surface area (TPSA) is 67.6 Å². The van der Waals surface area contributed by atoms with E-state index in [1.807, 2.05) is 6.92 Å². The lowest BCUT2D eigenvalue weighted by Crippen LogP contribution is -2.58. The number of amides is 1. The molecule has 3 aliphatic rings. The van der Waals surface area contributed by atoms with Crippen molar-refractivity contribution in [1.82, 2.24) is 10.2 Å². The predicted octanol–water partition coefficient (Wildman–Crippen LogP) is 1.02. The van der Waals surface area contributed by atoms with E-state index in [2.05, 4.69) is 10.2 Å². The molecule has 2 saturated carbocycles. The van der Waals surface area contributed by atoms with E-state index in [-0.39, 0.29) is 5.91 Å². The van der Waals surface area contributed by atoms with Crippen molar-refractivity contribution < 1.29 is 9.53 Å². The molecule has 0 aromatic carbocycles. The fraction of sp³-hybridized carbons (Fsp3) is 0.938. The van der Waals surface area contributed by atoms with Gasteiger partial charge >= 0.3 is 0 Å². The second-order valence-corrected chi connectivity index (χ2v) is 7.16. The Balaban J connectivity index is 1.57. The Morgan fingerprint density at radius 3 is 2.81 bits per heavy atom. The summed E-state index contributed by atoms with van der Waals surface area (Å²) in [6.07, 6.45) is 8.55. The van der Waals surface area contributed by atoms with E-state index < -0.39 is 5.54 Å². The minimum Gasteiger partial charge on any atom is -0.375 e. The maximum atomic E-state index is 11.9. The number of hydrogen-bond acceptors (Lipinski definition) is 4. The Morgan fingerprint density at radius 2 is 2.10 bits per heavy atom. The van der Waals surface area contributed by atoms with E-state index in [4.69, 9.17) is 10.5 Å². The van der Waals surface area contributed by atoms with Gasteiger partial charge in [-0.3, -0.25) is 9.69 Å². The first-order chi connectivity index (χ1) is 10.1. The first kappa shape index (κ1) is 15.3. The lowest BCUT2D eigenvalue weighted by Gasteiger charge is -2.44. The van der Waals surface area contributed by atoms with Crippen molar-refractivity contribution in [2.45, 2.75) is 75.6 Å². The second-order valence-electron chi connectivity index (χ2n) is 7.16. The maximum Gasteiger partial charge on any atom is 0.237 e. The Labute approximate surface area is 127 Å². The number of fused-ring (bicyclic) bond motifs is 1. The fourth-order valence-electron chi connectivity index (χ4n) is 3.77. The van der Waals surface area contributed by atoms with Gasteiger partial charge in [-0.2, -0.15) is 0 Å². The largest absolute Gasteiger partial charge is 0.375 e. The summed E-state index contributed by atoms with van der Waals surface area (Å²) in [4.78, 5) is 14.4. The van der Waals surface area contributed by atoms with E-state index in [1.165, 1.54) is 38.5 Å². The number of nitrogens with two attached hydrogens (primary N) is 1. The normalized spacial score (nSPS) is 33.2. The molecule has 0 aromatic rings. The van der Waals surface area contributed by atoms with Crippen LogP contribution >= 0.6 is 0 Å². The quantitative estimate of drug-likeness (QED) is 0.767. The van der Waals surface area contributed by atoms with Gasteiger partial charge in [0, 0.05) is 25.2 Å². The van der Waals surface area contributed by atoms with Crippen LogP contribution in [0, 0.1) is 0 Å². The summed E-state index contributed by atoms with van der Waals surface area (Å²) in [5.74, 6) is -0.220. The summed E-state index contributed by atoms with van der Waals surface area (Å²) in [5, 5.41) is 3.45. The van der Waals surface area contributed by atoms with Crippen LogP contribution in [0.15, 0.2) is 0 Å². The third kappa shape index (κ3) is 3.58. The van der Waals surface area contributed by atoms with Gasteiger partial charge in [-0.15, -0.1) is 0 Å². The zero-order valence-corrected chi connectivity index (χ0v) is 13.1. The highest BCUT2D eigenvalue weighted by Gasteiger charge is 2.39. The molecular weight excluding hydrogens is 266 g/mol. The first-order valence-corrected chi connectivity index (χ1v) is 8.52. The number of hydrogen-bond donors (Lipinski definition) is 2. The van der Waals surface area contributed by atoms with Crippen LogP contribution in [0.5, 0.6) is 0 Å². The number of nitrogens with one attached hydrogen (secondary N) is 1. The Hall–Kier alpha value is -0.650. The van der Waals surface area contributed by atoms with Crippen molar-refractivity contribution in [3.05, 3.63) is 0 Å². The molecule has 0 bridgehead atoms. The van der Waals surface area contributed by atoms with Crippen molar-refractivity contribution in [2.75, 3.05) is 19.7 Å². The van der Waals surface area contributed by atoms with Crippen LogP contribution in [0.25, 0.3) is 0 Å². The van der Waals surface area contributed by atoms with Gasteiger partial charge in [0.05, 0.1) is 18.2 Å². The Morgan fingerprint density at radius 1 is 1.33 bits per heavy atom. The van der Waals surface area contributed by atoms with Gasteiger partial charge in [-0.1, -0.05) is 12.8 Å². The third-order valence-electron chi connectivity index (χ3n) is 5.39. The van der Waals surface area contributed by atoms with Crippen LogP contribution in [-0.4, -0.2) is 54.2 Å². The number of carbonyl (C=O) groups is 1. The second kappa shape index (κ2) is 6.23. The monoisotopic (exact) mass is 295 g/mol. The molecule has 3 rings (SSSR count). The number of morpholine rings is 1. The van der Waals surface area contributed by atoms with E-state index >= 15 is 0 Å². The molecule has 3 atom stereocenters. The van der Waals surface area contributed by atoms with Gasteiger partial charge in [0.1, 0.15) is 0 Å². The standard InChI is InChI=1S/C16H29N3O2/c1-16(15(17)20,18-12-6-7-12)8-9-19-10-11-21-14-5-3-2-4-13(14)19/h12-14,18H,2-11H2,1H3,(H2,17,20). The highest BCUT2D eigenvalue weighted by molar-refractivity contribution is 5.84. The van der Waals surface area contributed by atoms with E-state index in [1.54, 1.807) is 0 Å². The minimum absolute atomic E-state index is 0.220. The lowest BCUT2D eigenvalue weighted by molar-refractivity contribution is -0.125. The van der Waals surface area contributed by atoms with E-state index in [9.17, 15) is 4.79 Å². The maximum absolute atomic E-state index is 11.9. The van der Waals surface area contributed by atoms with E-state index in [0.717, 1.165) is 26.1 Å². The summed E-state index contributed by atoms with van der Waals surface area (Å²) in [7, 11) is 0. The average Bonchev–Trinajstić information content (AvgIpc) is 3.28. The van der Waals surface area contributed by atoms with Gasteiger partial charge in [0.2, 0.25) is 5.91 Å². The van der Waals surface area contributed by atoms with Crippen LogP contribution < -0.4 is 11.1 Å². The molecular formula is C16H29N3O2. The third-order valence-corrected chi connectivity index (χ3v) is 5.39. The Bertz CT molecular complexity index is 384. The summed E-state index contributed by atoms with van der Waals surface area (Å²) >= 11 is 0. The molecule has 21 heavy (non-hydrogen) atoms. The van der Waals surface area contributed by atoms with Crippen molar-refractivity contribution in [3.8, 4) is 0 Å². The van der Waals surface area contributed by atoms with Gasteiger partial charge < -0.3 is 15.8 Å². The molecule has 3 unspecified atom stereocenters. The first-order valence-electron chi connectivity index (χ1n) is 8.52. The van der Waals surface area contributed by atoms with Crippen LogP contribution in [0.4, 0.5) is 0 Å². The predicted molar refractivity (Wildman–Crippen MR) is 81.9 cm³/mol. The molecule has 3 fully saturated rings. The van der Waals surface area contributed by atoms with Crippen molar-refractivity contribution in [3.63, 3.8) is 0 Å². The molecule has 1 heterocycles. The van der Waals surface area contributed by atoms with E-state index in [0.29, 0.717) is 18.2 Å². The number of primary amides is 1. The molecule has 1 aliphatic heterocycles. The Kier molecular flexibility index (Phi) is 4.52. The zero-order chi connectivity index (χ0) is 14.9. The lowest BCUT2D eigenvalue weighted by atomic mass is 9.89. The summed E-state index contributed by atoms with van der Waals surface area (Å²) in [6.45, 7) is 4.71. The van der Waals surface area contributed by atoms with Crippen LogP contribution in [0.2, 0.25) is 0 Å². The number of carbonyl (C=O) groups excluding carboxylic acids is 1. The summed E-state index contributed by atoms with van der Waals surface area (Å²) < 4.78 is 5.92. The molecule has 1 amide bonds. The molecule has 0 aromatic heterocycles. The van der Waals surface area contributed by atoms with Crippen molar-refractivity contribution in [2.24, 2.45) is 5.73 Å². The van der Waals surface area contributed by atoms with Crippen molar-refractivity contribution in [1.29, 1.82) is 0 Å². The number of nitrogens with zero attached hydrogens (tertiary/aromatic N) is 1. The highest BCUT2D eigenvalue weighted by Crippen LogP contribution is 2.30. The number of rotatable bonds is 6.